The number of hydrogen-bond acceptors (Lipinski definition) is 9. The van der Waals surface area contributed by atoms with Crippen molar-refractivity contribution in [2.75, 3.05) is 18.5 Å². The number of pyridine rings is 1. The zero-order valence-corrected chi connectivity index (χ0v) is 22.6. The van der Waals surface area contributed by atoms with Crippen LogP contribution in [0.15, 0.2) is 36.7 Å². The van der Waals surface area contributed by atoms with Crippen LogP contribution in [-0.4, -0.2) is 56.0 Å². The van der Waals surface area contributed by atoms with Gasteiger partial charge in [0.1, 0.15) is 11.1 Å². The van der Waals surface area contributed by atoms with Gasteiger partial charge in [0.15, 0.2) is 5.01 Å². The number of ether oxygens (including phenoxy) is 1. The van der Waals surface area contributed by atoms with Crippen LogP contribution in [0.1, 0.15) is 61.9 Å². The average molecular weight is 543 g/mol. The first-order chi connectivity index (χ1) is 19.1. The standard InChI is InChI=1S/C28H30N8O2S/c1-17(37)32-20-4-2-19(3-5-20)27-34-35-28(39-27)23-16-30-25(13-24(23)33-21-8-10-38-11-9-21)26-7-6-22-12-18(14-29)15-31-36(22)26/h6-7,12-13,15-16,19-21H,2-5,8-11H2,1H3,(H,30,33)(H,32,37)/t19-,20-. The number of hydrogen-bond donors (Lipinski definition) is 2. The Bertz CT molecular complexity index is 1530. The molecule has 0 aromatic carbocycles. The number of aromatic nitrogens is 5. The molecule has 6 rings (SSSR count). The topological polar surface area (TPSA) is 130 Å². The van der Waals surface area contributed by atoms with Gasteiger partial charge in [-0.3, -0.25) is 9.78 Å². The van der Waals surface area contributed by atoms with Gasteiger partial charge in [-0.2, -0.15) is 10.4 Å². The third-order valence-electron chi connectivity index (χ3n) is 7.53. The molecule has 0 spiro atoms. The molecule has 2 N–H and O–H groups in total. The highest BCUT2D eigenvalue weighted by Crippen LogP contribution is 2.39. The first-order valence-electron chi connectivity index (χ1n) is 13.4. The second kappa shape index (κ2) is 11.1. The molecule has 1 amide bonds. The fourth-order valence-corrected chi connectivity index (χ4v) is 6.52. The largest absolute Gasteiger partial charge is 0.381 e. The molecule has 0 unspecified atom stereocenters. The van der Waals surface area contributed by atoms with Gasteiger partial charge >= 0.3 is 0 Å². The molecule has 4 aromatic heterocycles. The third-order valence-corrected chi connectivity index (χ3v) is 8.65. The normalized spacial score (nSPS) is 20.0. The van der Waals surface area contributed by atoms with Crippen LogP contribution in [0, 0.1) is 11.3 Å². The minimum atomic E-state index is 0.0352. The number of carbonyl (C=O) groups excluding carboxylic acids is 1. The molecule has 2 fully saturated rings. The van der Waals surface area contributed by atoms with E-state index in [2.05, 4.69) is 38.1 Å². The van der Waals surface area contributed by atoms with E-state index < -0.39 is 0 Å². The number of fused-ring (bicyclic) bond motifs is 1. The van der Waals surface area contributed by atoms with Crippen molar-refractivity contribution < 1.29 is 9.53 Å². The van der Waals surface area contributed by atoms with Crippen molar-refractivity contribution in [1.82, 2.24) is 30.1 Å². The maximum absolute atomic E-state index is 11.4. The van der Waals surface area contributed by atoms with Crippen molar-refractivity contribution in [2.24, 2.45) is 0 Å². The van der Waals surface area contributed by atoms with Gasteiger partial charge in [0.05, 0.1) is 34.2 Å². The number of nitriles is 1. The van der Waals surface area contributed by atoms with Crippen LogP contribution in [0.4, 0.5) is 5.69 Å². The van der Waals surface area contributed by atoms with E-state index in [0.717, 1.165) is 89.9 Å². The summed E-state index contributed by atoms with van der Waals surface area (Å²) in [6.07, 6.45) is 9.21. The van der Waals surface area contributed by atoms with E-state index in [1.165, 1.54) is 0 Å². The van der Waals surface area contributed by atoms with Crippen LogP contribution in [0.2, 0.25) is 0 Å². The summed E-state index contributed by atoms with van der Waals surface area (Å²) in [5, 5.41) is 31.5. The van der Waals surface area contributed by atoms with Crippen molar-refractivity contribution in [3.05, 3.63) is 47.2 Å². The van der Waals surface area contributed by atoms with Gasteiger partial charge in [0.2, 0.25) is 5.91 Å². The van der Waals surface area contributed by atoms with E-state index in [4.69, 9.17) is 9.72 Å². The van der Waals surface area contributed by atoms with Crippen LogP contribution in [-0.2, 0) is 9.53 Å². The minimum Gasteiger partial charge on any atom is -0.381 e. The quantitative estimate of drug-likeness (QED) is 0.363. The highest BCUT2D eigenvalue weighted by molar-refractivity contribution is 7.14. The summed E-state index contributed by atoms with van der Waals surface area (Å²) < 4.78 is 7.38. The van der Waals surface area contributed by atoms with Crippen molar-refractivity contribution in [3.63, 3.8) is 0 Å². The van der Waals surface area contributed by atoms with Crippen molar-refractivity contribution in [3.8, 4) is 28.0 Å². The SMILES string of the molecule is CC(=O)N[C@H]1CC[C@H](c2nnc(-c3cnc(-c4ccc5cc(C#N)cnn45)cc3NC3CCOCC3)s2)CC1. The van der Waals surface area contributed by atoms with E-state index in [0.29, 0.717) is 17.5 Å². The second-order valence-corrected chi connectivity index (χ2v) is 11.3. The van der Waals surface area contributed by atoms with Crippen molar-refractivity contribution in [2.45, 2.75) is 63.5 Å². The molecule has 1 aliphatic carbocycles. The molecule has 2 aliphatic rings. The van der Waals surface area contributed by atoms with E-state index in [1.54, 1.807) is 29.0 Å². The fourth-order valence-electron chi connectivity index (χ4n) is 5.48. The van der Waals surface area contributed by atoms with Crippen LogP contribution >= 0.6 is 11.3 Å². The number of nitrogens with zero attached hydrogens (tertiary/aromatic N) is 6. The zero-order valence-electron chi connectivity index (χ0n) is 21.8. The number of rotatable bonds is 6. The number of anilines is 1. The Kier molecular flexibility index (Phi) is 7.22. The molecule has 39 heavy (non-hydrogen) atoms. The van der Waals surface area contributed by atoms with Gasteiger partial charge < -0.3 is 15.4 Å². The summed E-state index contributed by atoms with van der Waals surface area (Å²) in [6.45, 7) is 3.06. The average Bonchev–Trinajstić information content (AvgIpc) is 3.61. The molecule has 0 radical (unpaired) electrons. The zero-order chi connectivity index (χ0) is 26.8. The van der Waals surface area contributed by atoms with Gasteiger partial charge in [0.25, 0.3) is 0 Å². The number of nitrogens with one attached hydrogen (secondary N) is 2. The molecular formula is C28H30N8O2S. The predicted octanol–water partition coefficient (Wildman–Crippen LogP) is 4.54. The summed E-state index contributed by atoms with van der Waals surface area (Å²) in [6, 6.07) is 10.5. The Balaban J connectivity index is 1.30. The van der Waals surface area contributed by atoms with Gasteiger partial charge in [-0.15, -0.1) is 10.2 Å². The van der Waals surface area contributed by atoms with E-state index >= 15 is 0 Å². The maximum atomic E-state index is 11.4. The molecule has 5 heterocycles. The summed E-state index contributed by atoms with van der Waals surface area (Å²) in [5.74, 6) is 0.393. The van der Waals surface area contributed by atoms with E-state index in [1.807, 2.05) is 24.4 Å². The van der Waals surface area contributed by atoms with Crippen LogP contribution in [0.5, 0.6) is 0 Å². The molecule has 1 aliphatic heterocycles. The highest BCUT2D eigenvalue weighted by atomic mass is 32.1. The molecule has 1 saturated carbocycles. The Morgan fingerprint density at radius 2 is 1.90 bits per heavy atom. The van der Waals surface area contributed by atoms with Crippen molar-refractivity contribution in [1.29, 1.82) is 5.26 Å². The minimum absolute atomic E-state index is 0.0352. The second-order valence-electron chi connectivity index (χ2n) is 10.3. The lowest BCUT2D eigenvalue weighted by atomic mass is 9.86. The fraction of sp³-hybridized carbons (Fsp3) is 0.429. The third kappa shape index (κ3) is 5.48. The molecular weight excluding hydrogens is 512 g/mol. The molecule has 10 nitrogen and oxygen atoms in total. The molecule has 200 valence electrons. The molecule has 0 bridgehead atoms. The van der Waals surface area contributed by atoms with Gasteiger partial charge in [0, 0.05) is 50.0 Å². The lowest BCUT2D eigenvalue weighted by Gasteiger charge is -2.27. The molecule has 0 atom stereocenters. The Morgan fingerprint density at radius 1 is 1.08 bits per heavy atom. The Hall–Kier alpha value is -3.88. The summed E-state index contributed by atoms with van der Waals surface area (Å²) in [4.78, 5) is 16.2. The molecule has 4 aromatic rings. The molecule has 1 saturated heterocycles. The summed E-state index contributed by atoms with van der Waals surface area (Å²) in [5.41, 5.74) is 4.90. The maximum Gasteiger partial charge on any atom is 0.217 e. The summed E-state index contributed by atoms with van der Waals surface area (Å²) >= 11 is 1.63. The Morgan fingerprint density at radius 3 is 2.67 bits per heavy atom. The first kappa shape index (κ1) is 25.4. The van der Waals surface area contributed by atoms with E-state index in [-0.39, 0.29) is 11.9 Å². The van der Waals surface area contributed by atoms with Gasteiger partial charge in [-0.1, -0.05) is 11.3 Å². The van der Waals surface area contributed by atoms with Gasteiger partial charge in [-0.25, -0.2) is 4.52 Å². The van der Waals surface area contributed by atoms with Gasteiger partial charge in [-0.05, 0) is 62.8 Å². The monoisotopic (exact) mass is 542 g/mol. The van der Waals surface area contributed by atoms with Crippen LogP contribution in [0.3, 0.4) is 0 Å². The highest BCUT2D eigenvalue weighted by Gasteiger charge is 2.26. The Labute approximate surface area is 230 Å². The van der Waals surface area contributed by atoms with Crippen LogP contribution < -0.4 is 10.6 Å². The number of carbonyl (C=O) groups is 1. The predicted molar refractivity (Wildman–Crippen MR) is 148 cm³/mol. The lowest BCUT2D eigenvalue weighted by Crippen LogP contribution is -2.35. The lowest BCUT2D eigenvalue weighted by molar-refractivity contribution is -0.119. The smallest absolute Gasteiger partial charge is 0.217 e. The van der Waals surface area contributed by atoms with Crippen molar-refractivity contribution >= 4 is 28.4 Å². The first-order valence-corrected chi connectivity index (χ1v) is 14.2. The van der Waals surface area contributed by atoms with Crippen LogP contribution in [0.25, 0.3) is 27.5 Å². The molecule has 11 heteroatoms. The number of amides is 1. The van der Waals surface area contributed by atoms with E-state index in [9.17, 15) is 10.1 Å². The summed E-state index contributed by atoms with van der Waals surface area (Å²) in [7, 11) is 0.